The zero-order valence-electron chi connectivity index (χ0n) is 17.2. The molecule has 1 aliphatic rings. The second kappa shape index (κ2) is 9.55. The predicted molar refractivity (Wildman–Crippen MR) is 116 cm³/mol. The topological polar surface area (TPSA) is 73.0 Å². The molecule has 2 aromatic rings. The average molecular weight is 435 g/mol. The number of anilines is 2. The van der Waals surface area contributed by atoms with Crippen LogP contribution in [0.4, 0.5) is 15.8 Å². The van der Waals surface area contributed by atoms with Crippen molar-refractivity contribution in [3.63, 3.8) is 0 Å². The van der Waals surface area contributed by atoms with E-state index in [9.17, 15) is 17.6 Å². The number of sulfonamides is 1. The van der Waals surface area contributed by atoms with E-state index >= 15 is 0 Å². The molecule has 1 N–H and O–H groups in total. The van der Waals surface area contributed by atoms with Crippen LogP contribution < -0.4 is 10.2 Å². The number of nitrogens with zero attached hydrogens (tertiary/aromatic N) is 3. The van der Waals surface area contributed by atoms with Gasteiger partial charge in [0.2, 0.25) is 15.9 Å². The quantitative estimate of drug-likeness (QED) is 0.755. The highest BCUT2D eigenvalue weighted by atomic mass is 32.2. The first-order valence-electron chi connectivity index (χ1n) is 9.81. The van der Waals surface area contributed by atoms with Gasteiger partial charge in [-0.3, -0.25) is 9.69 Å². The molecule has 1 fully saturated rings. The van der Waals surface area contributed by atoms with E-state index in [-0.39, 0.29) is 23.2 Å². The summed E-state index contributed by atoms with van der Waals surface area (Å²) in [5.74, 6) is -0.445. The second-order valence-corrected chi connectivity index (χ2v) is 9.61. The highest BCUT2D eigenvalue weighted by Gasteiger charge is 2.19. The molecule has 1 amide bonds. The molecule has 0 saturated carbocycles. The first kappa shape index (κ1) is 22.2. The molecule has 162 valence electrons. The molecule has 0 atom stereocenters. The van der Waals surface area contributed by atoms with Crippen LogP contribution >= 0.6 is 0 Å². The summed E-state index contributed by atoms with van der Waals surface area (Å²) < 4.78 is 38.8. The van der Waals surface area contributed by atoms with Crippen molar-refractivity contribution in [2.24, 2.45) is 0 Å². The smallest absolute Gasteiger partial charge is 0.242 e. The minimum Gasteiger partial charge on any atom is -0.370 e. The molecule has 0 spiro atoms. The largest absolute Gasteiger partial charge is 0.370 e. The highest BCUT2D eigenvalue weighted by molar-refractivity contribution is 7.89. The molecule has 3 rings (SSSR count). The van der Waals surface area contributed by atoms with E-state index in [0.717, 1.165) is 36.0 Å². The van der Waals surface area contributed by atoms with Crippen LogP contribution in [0.2, 0.25) is 0 Å². The Morgan fingerprint density at radius 1 is 1.07 bits per heavy atom. The third-order valence-corrected chi connectivity index (χ3v) is 6.85. The Bertz CT molecular complexity index is 980. The van der Waals surface area contributed by atoms with E-state index in [1.165, 1.54) is 38.4 Å². The van der Waals surface area contributed by atoms with Crippen molar-refractivity contribution in [1.29, 1.82) is 0 Å². The third-order valence-electron chi connectivity index (χ3n) is 5.04. The zero-order chi connectivity index (χ0) is 21.7. The van der Waals surface area contributed by atoms with Crippen molar-refractivity contribution >= 4 is 27.3 Å². The van der Waals surface area contributed by atoms with Gasteiger partial charge in [-0.1, -0.05) is 6.07 Å². The molecule has 0 aliphatic carbocycles. The van der Waals surface area contributed by atoms with Crippen molar-refractivity contribution < 1.29 is 17.6 Å². The Labute approximate surface area is 177 Å². The van der Waals surface area contributed by atoms with Crippen molar-refractivity contribution in [1.82, 2.24) is 9.21 Å². The second-order valence-electron chi connectivity index (χ2n) is 7.46. The molecule has 0 unspecified atom stereocenters. The summed E-state index contributed by atoms with van der Waals surface area (Å²) in [5.41, 5.74) is 1.42. The number of halogens is 1. The normalized spacial score (nSPS) is 15.8. The number of nitrogens with one attached hydrogen (secondary N) is 1. The summed E-state index contributed by atoms with van der Waals surface area (Å²) >= 11 is 0. The Morgan fingerprint density at radius 3 is 2.50 bits per heavy atom. The maximum absolute atomic E-state index is 13.1. The van der Waals surface area contributed by atoms with Gasteiger partial charge < -0.3 is 10.2 Å². The minimum absolute atomic E-state index is 0.134. The van der Waals surface area contributed by atoms with Gasteiger partial charge in [0.1, 0.15) is 5.82 Å². The maximum Gasteiger partial charge on any atom is 0.242 e. The molecule has 1 aliphatic heterocycles. The first-order chi connectivity index (χ1) is 14.3. The molecule has 0 radical (unpaired) electrons. The van der Waals surface area contributed by atoms with Crippen molar-refractivity contribution in [3.05, 3.63) is 54.3 Å². The summed E-state index contributed by atoms with van der Waals surface area (Å²) in [5, 5.41) is 2.79. The van der Waals surface area contributed by atoms with Crippen LogP contribution in [0, 0.1) is 5.82 Å². The number of benzene rings is 2. The van der Waals surface area contributed by atoms with Crippen LogP contribution in [0.3, 0.4) is 0 Å². The van der Waals surface area contributed by atoms with Crippen LogP contribution in [0.1, 0.15) is 6.42 Å². The van der Waals surface area contributed by atoms with Crippen LogP contribution in [-0.4, -0.2) is 70.3 Å². The summed E-state index contributed by atoms with van der Waals surface area (Å²) in [6.07, 6.45) is 0.890. The number of carbonyl (C=O) groups is 1. The highest BCUT2D eigenvalue weighted by Crippen LogP contribution is 2.19. The molecule has 0 bridgehead atoms. The number of amides is 1. The predicted octanol–water partition coefficient (Wildman–Crippen LogP) is 2.23. The third kappa shape index (κ3) is 5.56. The van der Waals surface area contributed by atoms with Crippen molar-refractivity contribution in [2.45, 2.75) is 11.3 Å². The number of hydrogen-bond acceptors (Lipinski definition) is 5. The number of carbonyl (C=O) groups excluding carboxylic acids is 1. The van der Waals surface area contributed by atoms with E-state index < -0.39 is 10.0 Å². The fraction of sp³-hybridized carbons (Fsp3) is 0.381. The van der Waals surface area contributed by atoms with Gasteiger partial charge in [0, 0.05) is 51.6 Å². The van der Waals surface area contributed by atoms with E-state index in [1.807, 2.05) is 0 Å². The fourth-order valence-electron chi connectivity index (χ4n) is 3.39. The van der Waals surface area contributed by atoms with Crippen LogP contribution in [-0.2, 0) is 14.8 Å². The summed E-state index contributed by atoms with van der Waals surface area (Å²) in [4.78, 5) is 16.9. The Kier molecular flexibility index (Phi) is 7.06. The van der Waals surface area contributed by atoms with E-state index in [4.69, 9.17) is 0 Å². The fourth-order valence-corrected chi connectivity index (χ4v) is 4.34. The lowest BCUT2D eigenvalue weighted by Crippen LogP contribution is -2.36. The van der Waals surface area contributed by atoms with Gasteiger partial charge in [0.15, 0.2) is 0 Å². The molecule has 30 heavy (non-hydrogen) atoms. The zero-order valence-corrected chi connectivity index (χ0v) is 18.0. The Morgan fingerprint density at radius 2 is 1.80 bits per heavy atom. The molecular weight excluding hydrogens is 407 g/mol. The molecular formula is C21H27FN4O3S. The molecule has 1 heterocycles. The van der Waals surface area contributed by atoms with E-state index in [1.54, 1.807) is 24.3 Å². The van der Waals surface area contributed by atoms with Gasteiger partial charge >= 0.3 is 0 Å². The average Bonchev–Trinajstić information content (AvgIpc) is 2.94. The van der Waals surface area contributed by atoms with E-state index in [0.29, 0.717) is 12.2 Å². The standard InChI is InChI=1S/C21H27FN4O3S/c1-24(2)30(28,29)20-6-3-5-18(15-20)23-21(27)16-25-11-4-12-26(14-13-25)19-9-7-17(22)8-10-19/h3,5-10,15H,4,11-14,16H2,1-2H3,(H,23,27). The molecule has 7 nitrogen and oxygen atoms in total. The van der Waals surface area contributed by atoms with Crippen LogP contribution in [0.15, 0.2) is 53.4 Å². The van der Waals surface area contributed by atoms with Crippen molar-refractivity contribution in [3.8, 4) is 0 Å². The lowest BCUT2D eigenvalue weighted by molar-refractivity contribution is -0.117. The van der Waals surface area contributed by atoms with Gasteiger partial charge in [-0.05, 0) is 48.9 Å². The number of hydrogen-bond donors (Lipinski definition) is 1. The summed E-state index contributed by atoms with van der Waals surface area (Å²) in [7, 11) is -0.625. The molecule has 2 aromatic carbocycles. The Hall–Kier alpha value is -2.49. The van der Waals surface area contributed by atoms with E-state index in [2.05, 4.69) is 15.1 Å². The maximum atomic E-state index is 13.1. The SMILES string of the molecule is CN(C)S(=O)(=O)c1cccc(NC(=O)CN2CCCN(c3ccc(F)cc3)CC2)c1. The molecule has 1 saturated heterocycles. The van der Waals surface area contributed by atoms with Crippen LogP contribution in [0.25, 0.3) is 0 Å². The number of rotatable bonds is 6. The van der Waals surface area contributed by atoms with Gasteiger partial charge in [-0.2, -0.15) is 0 Å². The lowest BCUT2D eigenvalue weighted by atomic mass is 10.2. The van der Waals surface area contributed by atoms with Gasteiger partial charge in [-0.25, -0.2) is 17.1 Å². The minimum atomic E-state index is -3.56. The van der Waals surface area contributed by atoms with Gasteiger partial charge in [-0.15, -0.1) is 0 Å². The first-order valence-corrected chi connectivity index (χ1v) is 11.2. The Balaban J connectivity index is 1.57. The van der Waals surface area contributed by atoms with Gasteiger partial charge in [0.05, 0.1) is 11.4 Å². The van der Waals surface area contributed by atoms with Crippen LogP contribution in [0.5, 0.6) is 0 Å². The monoisotopic (exact) mass is 434 g/mol. The molecule has 9 heteroatoms. The summed E-state index contributed by atoms with van der Waals surface area (Å²) in [6.45, 7) is 3.30. The van der Waals surface area contributed by atoms with Crippen molar-refractivity contribution in [2.75, 3.05) is 57.0 Å². The van der Waals surface area contributed by atoms with Gasteiger partial charge in [0.25, 0.3) is 0 Å². The summed E-state index contributed by atoms with van der Waals surface area (Å²) in [6, 6.07) is 12.7. The molecule has 0 aromatic heterocycles. The lowest BCUT2D eigenvalue weighted by Gasteiger charge is -2.23.